The Labute approximate surface area is 137 Å². The van der Waals surface area contributed by atoms with Crippen molar-refractivity contribution in [3.63, 3.8) is 0 Å². The van der Waals surface area contributed by atoms with E-state index in [2.05, 4.69) is 12.0 Å². The average molecular weight is 318 g/mol. The molecule has 5 nitrogen and oxygen atoms in total. The van der Waals surface area contributed by atoms with Crippen LogP contribution in [0.4, 0.5) is 0 Å². The van der Waals surface area contributed by atoms with Crippen molar-refractivity contribution in [1.29, 1.82) is 0 Å². The lowest BCUT2D eigenvalue weighted by Gasteiger charge is -2.23. The summed E-state index contributed by atoms with van der Waals surface area (Å²) in [6.07, 6.45) is 4.70. The van der Waals surface area contributed by atoms with Crippen LogP contribution in [0.15, 0.2) is 18.2 Å². The van der Waals surface area contributed by atoms with Gasteiger partial charge < -0.3 is 14.6 Å². The van der Waals surface area contributed by atoms with Gasteiger partial charge >= 0.3 is 0 Å². The second-order valence-electron chi connectivity index (χ2n) is 6.21. The molecule has 23 heavy (non-hydrogen) atoms. The molecular formula is C18H26N2O3. The number of ether oxygens (including phenoxy) is 2. The highest BCUT2D eigenvalue weighted by atomic mass is 16.5. The van der Waals surface area contributed by atoms with Crippen LogP contribution in [0, 0.1) is 0 Å². The number of unbranched alkanes of at least 4 members (excludes halogenated alkanes) is 1. The van der Waals surface area contributed by atoms with Crippen LogP contribution >= 0.6 is 0 Å². The van der Waals surface area contributed by atoms with Gasteiger partial charge in [0.05, 0.1) is 23.9 Å². The molecule has 0 spiro atoms. The van der Waals surface area contributed by atoms with Crippen molar-refractivity contribution >= 4 is 10.9 Å². The zero-order valence-electron chi connectivity index (χ0n) is 14.0. The van der Waals surface area contributed by atoms with Crippen molar-refractivity contribution in [2.24, 2.45) is 0 Å². The second-order valence-corrected chi connectivity index (χ2v) is 6.21. The molecular weight excluding hydrogens is 292 g/mol. The smallest absolute Gasteiger partial charge is 0.150 e. The Balaban J connectivity index is 1.97. The van der Waals surface area contributed by atoms with E-state index in [1.165, 1.54) is 0 Å². The fraction of sp³-hybridized carbons (Fsp3) is 0.611. The van der Waals surface area contributed by atoms with Crippen LogP contribution in [0.1, 0.15) is 64.0 Å². The Hall–Kier alpha value is -1.59. The van der Waals surface area contributed by atoms with Gasteiger partial charge in [0.25, 0.3) is 0 Å². The number of hydrogen-bond donors (Lipinski definition) is 1. The van der Waals surface area contributed by atoms with E-state index in [0.29, 0.717) is 5.69 Å². The summed E-state index contributed by atoms with van der Waals surface area (Å²) in [7, 11) is 0. The van der Waals surface area contributed by atoms with E-state index in [1.807, 2.05) is 22.9 Å². The molecule has 3 rings (SSSR count). The molecule has 2 unspecified atom stereocenters. The maximum atomic E-state index is 10.0. The first-order valence-electron chi connectivity index (χ1n) is 8.65. The zero-order valence-corrected chi connectivity index (χ0v) is 14.0. The number of aliphatic hydroxyl groups excluding tert-OH is 1. The van der Waals surface area contributed by atoms with Crippen molar-refractivity contribution in [3.8, 4) is 5.75 Å². The van der Waals surface area contributed by atoms with Gasteiger partial charge in [0, 0.05) is 18.1 Å². The Morgan fingerprint density at radius 3 is 3.00 bits per heavy atom. The number of benzene rings is 1. The van der Waals surface area contributed by atoms with Crippen LogP contribution in [-0.2, 0) is 4.74 Å². The van der Waals surface area contributed by atoms with Crippen molar-refractivity contribution in [1.82, 2.24) is 9.78 Å². The molecule has 1 N–H and O–H groups in total. The van der Waals surface area contributed by atoms with Gasteiger partial charge in [-0.2, -0.15) is 5.10 Å². The number of rotatable bonds is 6. The van der Waals surface area contributed by atoms with E-state index in [9.17, 15) is 5.11 Å². The van der Waals surface area contributed by atoms with Gasteiger partial charge in [0.15, 0.2) is 6.23 Å². The third-order valence-electron chi connectivity index (χ3n) is 4.30. The van der Waals surface area contributed by atoms with Gasteiger partial charge in [-0.05, 0) is 44.7 Å². The molecule has 2 atom stereocenters. The Morgan fingerprint density at radius 1 is 1.43 bits per heavy atom. The molecule has 126 valence electrons. The Bertz CT molecular complexity index is 645. The maximum Gasteiger partial charge on any atom is 0.150 e. The van der Waals surface area contributed by atoms with Crippen LogP contribution < -0.4 is 4.74 Å². The van der Waals surface area contributed by atoms with Crippen LogP contribution in [0.2, 0.25) is 0 Å². The largest absolute Gasteiger partial charge is 0.494 e. The Kier molecular flexibility index (Phi) is 5.18. The average Bonchev–Trinajstić information content (AvgIpc) is 2.95. The maximum absolute atomic E-state index is 10.0. The van der Waals surface area contributed by atoms with Crippen LogP contribution in [0.5, 0.6) is 5.75 Å². The lowest BCUT2D eigenvalue weighted by atomic mass is 10.1. The molecule has 0 aliphatic carbocycles. The zero-order chi connectivity index (χ0) is 16.2. The van der Waals surface area contributed by atoms with Crippen LogP contribution in [-0.4, -0.2) is 28.1 Å². The molecule has 1 saturated heterocycles. The van der Waals surface area contributed by atoms with E-state index in [0.717, 1.165) is 62.0 Å². The minimum atomic E-state index is -0.603. The van der Waals surface area contributed by atoms with Gasteiger partial charge in [-0.15, -0.1) is 0 Å². The highest BCUT2D eigenvalue weighted by Crippen LogP contribution is 2.32. The first-order chi connectivity index (χ1) is 11.2. The number of nitrogens with zero attached hydrogens (tertiary/aromatic N) is 2. The molecule has 1 aliphatic heterocycles. The van der Waals surface area contributed by atoms with E-state index < -0.39 is 6.10 Å². The van der Waals surface area contributed by atoms with E-state index >= 15 is 0 Å². The molecule has 1 aromatic carbocycles. The lowest BCUT2D eigenvalue weighted by molar-refractivity contribution is -0.0372. The summed E-state index contributed by atoms with van der Waals surface area (Å²) in [5, 5.41) is 15.6. The molecule has 2 heterocycles. The normalized spacial score (nSPS) is 19.9. The SMILES string of the molecule is CCCCOc1ccc2c(C(C)O)nn(C3CCCCO3)c2c1. The minimum absolute atomic E-state index is 0.0513. The molecule has 0 saturated carbocycles. The van der Waals surface area contributed by atoms with E-state index in [1.54, 1.807) is 6.92 Å². The van der Waals surface area contributed by atoms with Gasteiger partial charge in [0.2, 0.25) is 0 Å². The number of aliphatic hydroxyl groups is 1. The van der Waals surface area contributed by atoms with Crippen molar-refractivity contribution in [2.45, 2.75) is 58.3 Å². The third-order valence-corrected chi connectivity index (χ3v) is 4.30. The summed E-state index contributed by atoms with van der Waals surface area (Å²) in [6.45, 7) is 5.39. The molecule has 1 fully saturated rings. The summed E-state index contributed by atoms with van der Waals surface area (Å²) >= 11 is 0. The summed E-state index contributed by atoms with van der Waals surface area (Å²) in [4.78, 5) is 0. The molecule has 1 aromatic heterocycles. The van der Waals surface area contributed by atoms with E-state index in [-0.39, 0.29) is 6.23 Å². The van der Waals surface area contributed by atoms with Crippen LogP contribution in [0.3, 0.4) is 0 Å². The fourth-order valence-corrected chi connectivity index (χ4v) is 3.01. The fourth-order valence-electron chi connectivity index (χ4n) is 3.01. The number of fused-ring (bicyclic) bond motifs is 1. The first kappa shape index (κ1) is 16.3. The topological polar surface area (TPSA) is 56.5 Å². The van der Waals surface area contributed by atoms with Crippen LogP contribution in [0.25, 0.3) is 10.9 Å². The minimum Gasteiger partial charge on any atom is -0.494 e. The van der Waals surface area contributed by atoms with Gasteiger partial charge in [-0.1, -0.05) is 13.3 Å². The first-order valence-corrected chi connectivity index (χ1v) is 8.65. The highest BCUT2D eigenvalue weighted by molar-refractivity contribution is 5.83. The summed E-state index contributed by atoms with van der Waals surface area (Å²) in [6, 6.07) is 5.96. The molecule has 2 aromatic rings. The highest BCUT2D eigenvalue weighted by Gasteiger charge is 2.22. The third kappa shape index (κ3) is 3.51. The molecule has 0 amide bonds. The predicted molar refractivity (Wildman–Crippen MR) is 89.6 cm³/mol. The lowest BCUT2D eigenvalue weighted by Crippen LogP contribution is -2.19. The monoisotopic (exact) mass is 318 g/mol. The van der Waals surface area contributed by atoms with Crippen molar-refractivity contribution in [2.75, 3.05) is 13.2 Å². The van der Waals surface area contributed by atoms with Crippen molar-refractivity contribution < 1.29 is 14.6 Å². The molecule has 5 heteroatoms. The van der Waals surface area contributed by atoms with Gasteiger partial charge in [-0.3, -0.25) is 0 Å². The second kappa shape index (κ2) is 7.32. The molecule has 0 bridgehead atoms. The summed E-state index contributed by atoms with van der Waals surface area (Å²) < 4.78 is 13.6. The standard InChI is InChI=1S/C18H26N2O3/c1-3-4-10-22-14-8-9-15-16(12-14)20(19-18(15)13(2)21)17-7-5-6-11-23-17/h8-9,12-13,17,21H,3-7,10-11H2,1-2H3. The number of aromatic nitrogens is 2. The quantitative estimate of drug-likeness (QED) is 0.819. The number of hydrogen-bond acceptors (Lipinski definition) is 4. The van der Waals surface area contributed by atoms with Crippen molar-refractivity contribution in [3.05, 3.63) is 23.9 Å². The van der Waals surface area contributed by atoms with Gasteiger partial charge in [0.1, 0.15) is 5.75 Å². The molecule has 0 radical (unpaired) electrons. The van der Waals surface area contributed by atoms with E-state index in [4.69, 9.17) is 9.47 Å². The van der Waals surface area contributed by atoms with Gasteiger partial charge in [-0.25, -0.2) is 4.68 Å². The Morgan fingerprint density at radius 2 is 2.30 bits per heavy atom. The molecule has 1 aliphatic rings. The predicted octanol–water partition coefficient (Wildman–Crippen LogP) is 3.97. The summed E-state index contributed by atoms with van der Waals surface area (Å²) in [5.74, 6) is 0.847. The summed E-state index contributed by atoms with van der Waals surface area (Å²) in [5.41, 5.74) is 1.68.